The molecule has 5 nitrogen and oxygen atoms in total. The van der Waals surface area contributed by atoms with E-state index >= 15 is 0 Å². The third kappa shape index (κ3) is 2.13. The molecule has 1 heterocycles. The van der Waals surface area contributed by atoms with Crippen LogP contribution in [0.25, 0.3) is 11.3 Å². The normalized spacial score (nSPS) is 10.0. The zero-order chi connectivity index (χ0) is 12.3. The molecule has 1 aromatic heterocycles. The van der Waals surface area contributed by atoms with E-state index in [0.717, 1.165) is 5.56 Å². The highest BCUT2D eigenvalue weighted by Crippen LogP contribution is 2.30. The Morgan fingerprint density at radius 2 is 2.18 bits per heavy atom. The molecule has 1 aromatic carbocycles. The standard InChI is InChI=1S/C12H11NO4/c1-15-10-5-8(12(14)16-2)3-4-9(10)11-6-13-7-17-11/h3-7H,1-2H3. The van der Waals surface area contributed by atoms with Gasteiger partial charge in [0.05, 0.1) is 31.5 Å². The Kier molecular flexibility index (Phi) is 3.09. The first kappa shape index (κ1) is 11.2. The minimum Gasteiger partial charge on any atom is -0.496 e. The van der Waals surface area contributed by atoms with Crippen LogP contribution in [0.4, 0.5) is 0 Å². The van der Waals surface area contributed by atoms with Crippen molar-refractivity contribution < 1.29 is 18.7 Å². The summed E-state index contributed by atoms with van der Waals surface area (Å²) >= 11 is 0. The summed E-state index contributed by atoms with van der Waals surface area (Å²) in [5.41, 5.74) is 1.16. The summed E-state index contributed by atoms with van der Waals surface area (Å²) in [4.78, 5) is 15.2. The van der Waals surface area contributed by atoms with E-state index in [4.69, 9.17) is 9.15 Å². The molecule has 88 valence electrons. The number of benzene rings is 1. The molecule has 0 aliphatic rings. The maximum absolute atomic E-state index is 11.4. The molecule has 2 aromatic rings. The van der Waals surface area contributed by atoms with Crippen molar-refractivity contribution >= 4 is 5.97 Å². The number of esters is 1. The van der Waals surface area contributed by atoms with E-state index in [1.807, 2.05) is 0 Å². The van der Waals surface area contributed by atoms with E-state index in [1.54, 1.807) is 24.4 Å². The molecule has 0 saturated heterocycles. The summed E-state index contributed by atoms with van der Waals surface area (Å²) < 4.78 is 15.0. The fourth-order valence-electron chi connectivity index (χ4n) is 1.49. The molecule has 0 spiro atoms. The number of oxazole rings is 1. The molecule has 2 rings (SSSR count). The number of carbonyl (C=O) groups excluding carboxylic acids is 1. The maximum atomic E-state index is 11.4. The number of hydrogen-bond acceptors (Lipinski definition) is 5. The second kappa shape index (κ2) is 4.69. The lowest BCUT2D eigenvalue weighted by Gasteiger charge is -2.07. The first-order chi connectivity index (χ1) is 8.26. The van der Waals surface area contributed by atoms with Gasteiger partial charge in [0, 0.05) is 0 Å². The van der Waals surface area contributed by atoms with E-state index in [1.165, 1.54) is 20.6 Å². The van der Waals surface area contributed by atoms with Crippen molar-refractivity contribution in [2.45, 2.75) is 0 Å². The lowest BCUT2D eigenvalue weighted by Crippen LogP contribution is -2.01. The largest absolute Gasteiger partial charge is 0.496 e. The SMILES string of the molecule is COC(=O)c1ccc(-c2cnco2)c(OC)c1. The molecule has 0 aliphatic heterocycles. The predicted octanol–water partition coefficient (Wildman–Crippen LogP) is 2.14. The van der Waals surface area contributed by atoms with Crippen molar-refractivity contribution in [3.05, 3.63) is 36.4 Å². The van der Waals surface area contributed by atoms with Gasteiger partial charge >= 0.3 is 5.97 Å². The van der Waals surface area contributed by atoms with Crippen molar-refractivity contribution in [3.63, 3.8) is 0 Å². The molecule has 17 heavy (non-hydrogen) atoms. The number of methoxy groups -OCH3 is 2. The van der Waals surface area contributed by atoms with Gasteiger partial charge in [0.1, 0.15) is 5.75 Å². The van der Waals surface area contributed by atoms with Gasteiger partial charge in [0.2, 0.25) is 0 Å². The monoisotopic (exact) mass is 233 g/mol. The van der Waals surface area contributed by atoms with Gasteiger partial charge in [0.25, 0.3) is 0 Å². The molecule has 5 heteroatoms. The Morgan fingerprint density at radius 1 is 1.35 bits per heavy atom. The lowest BCUT2D eigenvalue weighted by atomic mass is 10.1. The van der Waals surface area contributed by atoms with Crippen LogP contribution in [0, 0.1) is 0 Å². The Morgan fingerprint density at radius 3 is 2.76 bits per heavy atom. The number of carbonyl (C=O) groups is 1. The number of rotatable bonds is 3. The van der Waals surface area contributed by atoms with Crippen molar-refractivity contribution in [1.29, 1.82) is 0 Å². The highest BCUT2D eigenvalue weighted by Gasteiger charge is 2.13. The summed E-state index contributed by atoms with van der Waals surface area (Å²) in [5, 5.41) is 0. The van der Waals surface area contributed by atoms with E-state index < -0.39 is 5.97 Å². The van der Waals surface area contributed by atoms with Gasteiger partial charge in [0.15, 0.2) is 12.2 Å². The summed E-state index contributed by atoms with van der Waals surface area (Å²) in [6, 6.07) is 4.97. The quantitative estimate of drug-likeness (QED) is 0.760. The second-order valence-corrected chi connectivity index (χ2v) is 3.27. The van der Waals surface area contributed by atoms with Crippen LogP contribution < -0.4 is 4.74 Å². The van der Waals surface area contributed by atoms with E-state index in [2.05, 4.69) is 9.72 Å². The third-order valence-corrected chi connectivity index (χ3v) is 2.32. The molecule has 0 bridgehead atoms. The molecular weight excluding hydrogens is 222 g/mol. The summed E-state index contributed by atoms with van der Waals surface area (Å²) in [6.07, 6.45) is 2.92. The maximum Gasteiger partial charge on any atom is 0.337 e. The van der Waals surface area contributed by atoms with Crippen LogP contribution in [-0.2, 0) is 4.74 Å². The Labute approximate surface area is 98.0 Å². The van der Waals surface area contributed by atoms with Crippen LogP contribution in [0.3, 0.4) is 0 Å². The van der Waals surface area contributed by atoms with Gasteiger partial charge < -0.3 is 13.9 Å². The predicted molar refractivity (Wildman–Crippen MR) is 59.8 cm³/mol. The average molecular weight is 233 g/mol. The van der Waals surface area contributed by atoms with Gasteiger partial charge in [-0.15, -0.1) is 0 Å². The summed E-state index contributed by atoms with van der Waals surface area (Å²) in [7, 11) is 2.86. The minimum absolute atomic E-state index is 0.410. The van der Waals surface area contributed by atoms with Crippen molar-refractivity contribution in [2.24, 2.45) is 0 Å². The molecule has 0 radical (unpaired) electrons. The van der Waals surface area contributed by atoms with Crippen LogP contribution in [0.15, 0.2) is 35.2 Å². The Hall–Kier alpha value is -2.30. The Balaban J connectivity index is 2.46. The van der Waals surface area contributed by atoms with E-state index in [9.17, 15) is 4.79 Å². The molecule has 0 fully saturated rings. The molecule has 0 saturated carbocycles. The van der Waals surface area contributed by atoms with Crippen LogP contribution >= 0.6 is 0 Å². The van der Waals surface area contributed by atoms with Crippen molar-refractivity contribution in [1.82, 2.24) is 4.98 Å². The van der Waals surface area contributed by atoms with Crippen LogP contribution in [0.5, 0.6) is 5.75 Å². The molecular formula is C12H11NO4. The number of nitrogens with zero attached hydrogens (tertiary/aromatic N) is 1. The first-order valence-corrected chi connectivity index (χ1v) is 4.91. The van der Waals surface area contributed by atoms with E-state index in [-0.39, 0.29) is 0 Å². The van der Waals surface area contributed by atoms with Gasteiger partial charge in [-0.2, -0.15) is 0 Å². The fourth-order valence-corrected chi connectivity index (χ4v) is 1.49. The van der Waals surface area contributed by atoms with Gasteiger partial charge in [-0.05, 0) is 18.2 Å². The second-order valence-electron chi connectivity index (χ2n) is 3.27. The lowest BCUT2D eigenvalue weighted by molar-refractivity contribution is 0.0600. The summed E-state index contributed by atoms with van der Waals surface area (Å²) in [5.74, 6) is 0.704. The molecule has 0 amide bonds. The van der Waals surface area contributed by atoms with Crippen LogP contribution in [0.1, 0.15) is 10.4 Å². The minimum atomic E-state index is -0.410. The number of aromatic nitrogens is 1. The highest BCUT2D eigenvalue weighted by molar-refractivity contribution is 5.91. The van der Waals surface area contributed by atoms with Crippen molar-refractivity contribution in [2.75, 3.05) is 14.2 Å². The molecule has 0 unspecified atom stereocenters. The van der Waals surface area contributed by atoms with E-state index in [0.29, 0.717) is 17.1 Å². The van der Waals surface area contributed by atoms with Crippen LogP contribution in [0.2, 0.25) is 0 Å². The zero-order valence-electron chi connectivity index (χ0n) is 9.47. The summed E-state index contributed by atoms with van der Waals surface area (Å²) in [6.45, 7) is 0. The smallest absolute Gasteiger partial charge is 0.337 e. The van der Waals surface area contributed by atoms with Crippen LogP contribution in [-0.4, -0.2) is 25.2 Å². The van der Waals surface area contributed by atoms with Gasteiger partial charge in [-0.25, -0.2) is 9.78 Å². The number of hydrogen-bond donors (Lipinski definition) is 0. The molecule has 0 aliphatic carbocycles. The zero-order valence-corrected chi connectivity index (χ0v) is 9.47. The highest BCUT2D eigenvalue weighted by atomic mass is 16.5. The van der Waals surface area contributed by atoms with Gasteiger partial charge in [-0.3, -0.25) is 0 Å². The Bertz CT molecular complexity index is 519. The number of ether oxygens (including phenoxy) is 2. The fraction of sp³-hybridized carbons (Fsp3) is 0.167. The molecule has 0 atom stereocenters. The first-order valence-electron chi connectivity index (χ1n) is 4.91. The third-order valence-electron chi connectivity index (χ3n) is 2.32. The average Bonchev–Trinajstić information content (AvgIpc) is 2.90. The van der Waals surface area contributed by atoms with Gasteiger partial charge in [-0.1, -0.05) is 0 Å². The topological polar surface area (TPSA) is 61.6 Å². The molecule has 0 N–H and O–H groups in total. The van der Waals surface area contributed by atoms with Crippen molar-refractivity contribution in [3.8, 4) is 17.1 Å².